The average Bonchev–Trinajstić information content (AvgIpc) is 3.68. The maximum absolute atomic E-state index is 14.2. The molecule has 5 aromatic rings. The van der Waals surface area contributed by atoms with Crippen LogP contribution in [0.3, 0.4) is 0 Å². The number of rotatable bonds is 8. The second-order valence-electron chi connectivity index (χ2n) is 12.7. The summed E-state index contributed by atoms with van der Waals surface area (Å²) >= 11 is 0. The topological polar surface area (TPSA) is 115 Å². The largest absolute Gasteiger partial charge is 0.339 e. The molecule has 0 unspecified atom stereocenters. The van der Waals surface area contributed by atoms with Gasteiger partial charge in [0, 0.05) is 48.3 Å². The number of nitrogens with zero attached hydrogens (tertiary/aromatic N) is 4. The van der Waals surface area contributed by atoms with Crippen molar-refractivity contribution in [3.8, 4) is 22.5 Å². The molecule has 0 bridgehead atoms. The van der Waals surface area contributed by atoms with Crippen LogP contribution in [0.1, 0.15) is 40.7 Å². The van der Waals surface area contributed by atoms with Crippen LogP contribution in [-0.4, -0.2) is 65.0 Å². The van der Waals surface area contributed by atoms with Crippen molar-refractivity contribution >= 4 is 32.4 Å². The van der Waals surface area contributed by atoms with Gasteiger partial charge >= 0.3 is 0 Å². The van der Waals surface area contributed by atoms with Gasteiger partial charge in [0.2, 0.25) is 10.0 Å². The minimum Gasteiger partial charge on any atom is -0.339 e. The van der Waals surface area contributed by atoms with E-state index < -0.39 is 16.2 Å². The fourth-order valence-electron chi connectivity index (χ4n) is 6.43. The Labute approximate surface area is 261 Å². The van der Waals surface area contributed by atoms with Gasteiger partial charge in [0.1, 0.15) is 11.9 Å². The number of amides is 1. The van der Waals surface area contributed by atoms with Crippen molar-refractivity contribution in [3.63, 3.8) is 0 Å². The molecule has 4 heterocycles. The quantitative estimate of drug-likeness (QED) is 0.254. The molecule has 7 rings (SSSR count). The number of hydrogen-bond donors (Lipinski definition) is 2. The van der Waals surface area contributed by atoms with E-state index in [9.17, 15) is 17.6 Å². The maximum Gasteiger partial charge on any atom is 0.255 e. The Hall–Kier alpha value is -4.06. The van der Waals surface area contributed by atoms with Gasteiger partial charge in [-0.05, 0) is 79.1 Å². The second kappa shape index (κ2) is 11.4. The van der Waals surface area contributed by atoms with Crippen molar-refractivity contribution in [1.82, 2.24) is 23.8 Å². The van der Waals surface area contributed by atoms with E-state index in [4.69, 9.17) is 10.8 Å². The molecule has 1 aliphatic carbocycles. The molecule has 234 valence electrons. The van der Waals surface area contributed by atoms with Crippen LogP contribution in [0.15, 0.2) is 66.9 Å². The monoisotopic (exact) mass is 628 g/mol. The molecule has 2 atom stereocenters. The Balaban J connectivity index is 1.25. The molecular weight excluding hydrogens is 591 g/mol. The lowest BCUT2D eigenvalue weighted by Gasteiger charge is -2.32. The zero-order valence-electron chi connectivity index (χ0n) is 25.4. The standard InChI is InChI=1S/C34H37FN6O3S/c1-21-30-11-10-27(34(42)39-19-28(35)15-29(36)20-39)18-41(30)38-33(21)32-14-26-9-8-25(13-31(26)40(32)17-22-6-7-22)24-5-3-4-23(12-24)16-37-45(2,43)44/h3-5,8-14,18,22,28-29,37H,6-7,15-17,19-20,36H2,1-2H3/t28-,29-/m1/s1. The second-order valence-corrected chi connectivity index (χ2v) is 14.5. The Morgan fingerprint density at radius 1 is 1.04 bits per heavy atom. The molecule has 0 radical (unpaired) electrons. The summed E-state index contributed by atoms with van der Waals surface area (Å²) in [6.45, 7) is 3.57. The number of benzene rings is 2. The van der Waals surface area contributed by atoms with Crippen LogP contribution in [0, 0.1) is 12.8 Å². The lowest BCUT2D eigenvalue weighted by atomic mass is 10.0. The molecular formula is C34H37FN6O3S. The van der Waals surface area contributed by atoms with Crippen LogP contribution in [0.2, 0.25) is 0 Å². The Morgan fingerprint density at radius 3 is 2.60 bits per heavy atom. The first-order valence-corrected chi connectivity index (χ1v) is 17.3. The summed E-state index contributed by atoms with van der Waals surface area (Å²) in [5.41, 5.74) is 14.3. The summed E-state index contributed by atoms with van der Waals surface area (Å²) in [6, 6.07) is 19.9. The van der Waals surface area contributed by atoms with Gasteiger partial charge in [-0.15, -0.1) is 0 Å². The molecule has 1 amide bonds. The fourth-order valence-corrected chi connectivity index (χ4v) is 6.86. The van der Waals surface area contributed by atoms with E-state index in [1.165, 1.54) is 17.7 Å². The van der Waals surface area contributed by atoms with Crippen molar-refractivity contribution in [1.29, 1.82) is 0 Å². The molecule has 0 spiro atoms. The molecule has 2 aliphatic rings. The predicted molar refractivity (Wildman–Crippen MR) is 174 cm³/mol. The number of aryl methyl sites for hydroxylation is 1. The number of aromatic nitrogens is 3. The third-order valence-electron chi connectivity index (χ3n) is 8.93. The van der Waals surface area contributed by atoms with Crippen LogP contribution >= 0.6 is 0 Å². The third kappa shape index (κ3) is 6.12. The summed E-state index contributed by atoms with van der Waals surface area (Å²) in [6.07, 6.45) is 4.45. The summed E-state index contributed by atoms with van der Waals surface area (Å²) in [5.74, 6) is 0.376. The molecule has 2 fully saturated rings. The van der Waals surface area contributed by atoms with Gasteiger partial charge in [0.25, 0.3) is 5.91 Å². The van der Waals surface area contributed by atoms with Gasteiger partial charge < -0.3 is 15.2 Å². The predicted octanol–water partition coefficient (Wildman–Crippen LogP) is 4.90. The number of fused-ring (bicyclic) bond motifs is 2. The molecule has 45 heavy (non-hydrogen) atoms. The van der Waals surface area contributed by atoms with Gasteiger partial charge in [0.15, 0.2) is 0 Å². The van der Waals surface area contributed by atoms with Gasteiger partial charge in [-0.1, -0.05) is 30.3 Å². The highest BCUT2D eigenvalue weighted by Gasteiger charge is 2.29. The summed E-state index contributed by atoms with van der Waals surface area (Å²) < 4.78 is 44.1. The minimum absolute atomic E-state index is 0.0546. The lowest BCUT2D eigenvalue weighted by molar-refractivity contribution is 0.0606. The fraction of sp³-hybridized carbons (Fsp3) is 0.353. The highest BCUT2D eigenvalue weighted by atomic mass is 32.2. The SMILES string of the molecule is Cc1c(-c2cc3ccc(-c4cccc(CNS(C)(=O)=O)c4)cc3n2CC2CC2)nn2cc(C(=O)N3C[C@H](N)C[C@@H](F)C3)ccc12. The first-order chi connectivity index (χ1) is 21.5. The molecule has 1 saturated carbocycles. The number of halogens is 1. The number of nitrogens with two attached hydrogens (primary N) is 1. The van der Waals surface area contributed by atoms with E-state index in [-0.39, 0.29) is 31.5 Å². The molecule has 11 heteroatoms. The average molecular weight is 629 g/mol. The first kappa shape index (κ1) is 29.6. The Kier molecular flexibility index (Phi) is 7.50. The molecule has 1 saturated heterocycles. The van der Waals surface area contributed by atoms with Crippen molar-refractivity contribution in [2.45, 2.75) is 51.5 Å². The zero-order chi connectivity index (χ0) is 31.5. The highest BCUT2D eigenvalue weighted by molar-refractivity contribution is 7.88. The maximum atomic E-state index is 14.2. The normalized spacial score (nSPS) is 19.1. The van der Waals surface area contributed by atoms with E-state index in [1.54, 1.807) is 16.8 Å². The summed E-state index contributed by atoms with van der Waals surface area (Å²) in [4.78, 5) is 14.8. The molecule has 2 aromatic carbocycles. The molecule has 3 aromatic heterocycles. The number of piperidine rings is 1. The van der Waals surface area contributed by atoms with E-state index in [2.05, 4.69) is 40.5 Å². The third-order valence-corrected chi connectivity index (χ3v) is 9.59. The minimum atomic E-state index is -3.29. The van der Waals surface area contributed by atoms with E-state index in [1.807, 2.05) is 30.3 Å². The molecule has 9 nitrogen and oxygen atoms in total. The van der Waals surface area contributed by atoms with Gasteiger partial charge in [-0.2, -0.15) is 5.10 Å². The van der Waals surface area contributed by atoms with Crippen molar-refractivity contribution in [2.24, 2.45) is 11.7 Å². The molecule has 1 aliphatic heterocycles. The van der Waals surface area contributed by atoms with E-state index in [0.29, 0.717) is 18.0 Å². The number of sulfonamides is 1. The number of hydrogen-bond acceptors (Lipinski definition) is 5. The van der Waals surface area contributed by atoms with Crippen LogP contribution in [0.4, 0.5) is 4.39 Å². The molecule has 3 N–H and O–H groups in total. The smallest absolute Gasteiger partial charge is 0.255 e. The number of nitrogens with one attached hydrogen (secondary N) is 1. The number of likely N-dealkylation sites (tertiary alicyclic amines) is 1. The summed E-state index contributed by atoms with van der Waals surface area (Å²) in [7, 11) is -3.29. The first-order valence-electron chi connectivity index (χ1n) is 15.4. The lowest BCUT2D eigenvalue weighted by Crippen LogP contribution is -2.50. The van der Waals surface area contributed by atoms with Crippen LogP contribution in [0.5, 0.6) is 0 Å². The number of carbonyl (C=O) groups excluding carboxylic acids is 1. The number of carbonyl (C=O) groups is 1. The van der Waals surface area contributed by atoms with E-state index in [0.717, 1.165) is 62.9 Å². The highest BCUT2D eigenvalue weighted by Crippen LogP contribution is 2.38. The van der Waals surface area contributed by atoms with Gasteiger partial charge in [-0.25, -0.2) is 22.0 Å². The van der Waals surface area contributed by atoms with Crippen molar-refractivity contribution in [2.75, 3.05) is 19.3 Å². The van der Waals surface area contributed by atoms with Crippen LogP contribution < -0.4 is 10.5 Å². The van der Waals surface area contributed by atoms with Crippen LogP contribution in [0.25, 0.3) is 38.9 Å². The number of pyridine rings is 1. The van der Waals surface area contributed by atoms with Crippen molar-refractivity contribution < 1.29 is 17.6 Å². The van der Waals surface area contributed by atoms with Crippen LogP contribution in [-0.2, 0) is 23.1 Å². The Morgan fingerprint density at radius 2 is 1.84 bits per heavy atom. The van der Waals surface area contributed by atoms with E-state index >= 15 is 0 Å². The van der Waals surface area contributed by atoms with Gasteiger partial charge in [0.05, 0.1) is 29.6 Å². The Bertz CT molecular complexity index is 2040. The number of alkyl halides is 1. The van der Waals surface area contributed by atoms with Gasteiger partial charge in [-0.3, -0.25) is 4.79 Å². The zero-order valence-corrected chi connectivity index (χ0v) is 26.2. The van der Waals surface area contributed by atoms with Crippen molar-refractivity contribution in [3.05, 3.63) is 83.6 Å². The summed E-state index contributed by atoms with van der Waals surface area (Å²) in [5, 5.41) is 6.10.